The lowest BCUT2D eigenvalue weighted by atomic mass is 9.94. The maximum atomic E-state index is 10.9. The van der Waals surface area contributed by atoms with E-state index in [0.29, 0.717) is 0 Å². The van der Waals surface area contributed by atoms with Gasteiger partial charge in [0.1, 0.15) is 30.5 Å². The van der Waals surface area contributed by atoms with Crippen LogP contribution in [0.5, 0.6) is 0 Å². The third-order valence-electron chi connectivity index (χ3n) is 2.57. The predicted molar refractivity (Wildman–Crippen MR) is 50.4 cm³/mol. The molecule has 0 bridgehead atoms. The van der Waals surface area contributed by atoms with Gasteiger partial charge in [0, 0.05) is 7.11 Å². The van der Waals surface area contributed by atoms with Crippen LogP contribution in [0.15, 0.2) is 0 Å². The van der Waals surface area contributed by atoms with Gasteiger partial charge < -0.3 is 29.9 Å². The summed E-state index contributed by atoms with van der Waals surface area (Å²) in [6, 6.07) is 0. The molecule has 1 unspecified atom stereocenters. The van der Waals surface area contributed by atoms with E-state index in [1.807, 2.05) is 0 Å². The second-order valence-electron chi connectivity index (χ2n) is 3.73. The molecule has 0 aliphatic carbocycles. The Morgan fingerprint density at radius 1 is 1.25 bits per heavy atom. The molecule has 1 rings (SSSR count). The zero-order chi connectivity index (χ0) is 12.5. The molecule has 0 aromatic carbocycles. The molecule has 1 aliphatic rings. The van der Waals surface area contributed by atoms with Crippen molar-refractivity contribution in [1.29, 1.82) is 0 Å². The van der Waals surface area contributed by atoms with Crippen molar-refractivity contribution in [1.82, 2.24) is 0 Å². The van der Waals surface area contributed by atoms with Gasteiger partial charge in [-0.25, -0.2) is 0 Å². The number of ketones is 1. The first-order valence-electron chi connectivity index (χ1n) is 4.81. The molecule has 1 heterocycles. The Morgan fingerprint density at radius 2 is 1.81 bits per heavy atom. The van der Waals surface area contributed by atoms with Gasteiger partial charge in [0.05, 0.1) is 0 Å². The van der Waals surface area contributed by atoms with Gasteiger partial charge in [-0.2, -0.15) is 0 Å². The summed E-state index contributed by atoms with van der Waals surface area (Å²) in [6.45, 7) is 1.12. The molecule has 0 spiro atoms. The monoisotopic (exact) mass is 236 g/mol. The average molecular weight is 236 g/mol. The van der Waals surface area contributed by atoms with Crippen molar-refractivity contribution in [3.63, 3.8) is 0 Å². The summed E-state index contributed by atoms with van der Waals surface area (Å²) >= 11 is 0. The third-order valence-corrected chi connectivity index (χ3v) is 2.57. The number of Topliss-reactive ketones (excluding diaryl/α,β-unsaturated/α-hetero) is 1. The summed E-state index contributed by atoms with van der Waals surface area (Å²) in [5.41, 5.74) is 0. The lowest BCUT2D eigenvalue weighted by Gasteiger charge is -2.40. The summed E-state index contributed by atoms with van der Waals surface area (Å²) in [5, 5.41) is 37.9. The van der Waals surface area contributed by atoms with Gasteiger partial charge in [-0.05, 0) is 6.92 Å². The number of aliphatic hydroxyl groups is 4. The number of hydrogen-bond acceptors (Lipinski definition) is 7. The van der Waals surface area contributed by atoms with Crippen molar-refractivity contribution in [2.45, 2.75) is 43.7 Å². The first-order valence-corrected chi connectivity index (χ1v) is 4.81. The van der Waals surface area contributed by atoms with Crippen molar-refractivity contribution in [2.75, 3.05) is 7.11 Å². The number of hydrogen-bond donors (Lipinski definition) is 4. The van der Waals surface area contributed by atoms with E-state index in [1.165, 1.54) is 7.11 Å². The lowest BCUT2D eigenvalue weighted by molar-refractivity contribution is -0.301. The average Bonchev–Trinajstić information content (AvgIpc) is 2.25. The minimum atomic E-state index is -1.57. The number of rotatable bonds is 3. The largest absolute Gasteiger partial charge is 0.387 e. The Labute approximate surface area is 92.2 Å². The molecular formula is C9H16O7. The number of carbonyl (C=O) groups excluding carboxylic acids is 1. The highest BCUT2D eigenvalue weighted by atomic mass is 16.7. The van der Waals surface area contributed by atoms with E-state index < -0.39 is 42.6 Å². The van der Waals surface area contributed by atoms with Gasteiger partial charge in [0.15, 0.2) is 12.1 Å². The molecule has 0 amide bonds. The smallest absolute Gasteiger partial charge is 0.186 e. The van der Waals surface area contributed by atoms with Crippen molar-refractivity contribution in [2.24, 2.45) is 0 Å². The Bertz CT molecular complexity index is 254. The van der Waals surface area contributed by atoms with Crippen LogP contribution in [0.3, 0.4) is 0 Å². The standard InChI is InChI=1S/C9H16O7/c1-3(10)4(11)8-6(13)5(12)7(14)9(15-2)16-8/h4-9,11-14H,1-2H3/t4?,5-,6-,7+,8+,9-/m0/s1. The fourth-order valence-electron chi connectivity index (χ4n) is 1.56. The second-order valence-corrected chi connectivity index (χ2v) is 3.73. The molecule has 94 valence electrons. The minimum absolute atomic E-state index is 0.609. The summed E-state index contributed by atoms with van der Waals surface area (Å²) in [4.78, 5) is 10.9. The van der Waals surface area contributed by atoms with E-state index in [9.17, 15) is 25.2 Å². The first-order chi connectivity index (χ1) is 7.40. The van der Waals surface area contributed by atoms with Crippen molar-refractivity contribution in [3.05, 3.63) is 0 Å². The van der Waals surface area contributed by atoms with Crippen molar-refractivity contribution >= 4 is 5.78 Å². The predicted octanol–water partition coefficient (Wildman–Crippen LogP) is -2.61. The molecule has 16 heavy (non-hydrogen) atoms. The van der Waals surface area contributed by atoms with E-state index in [0.717, 1.165) is 6.92 Å². The number of methoxy groups -OCH3 is 1. The van der Waals surface area contributed by atoms with Crippen molar-refractivity contribution in [3.8, 4) is 0 Å². The van der Waals surface area contributed by atoms with Crippen LogP contribution in [0.4, 0.5) is 0 Å². The maximum absolute atomic E-state index is 10.9. The maximum Gasteiger partial charge on any atom is 0.186 e. The number of aliphatic hydroxyl groups excluding tert-OH is 4. The minimum Gasteiger partial charge on any atom is -0.387 e. The van der Waals surface area contributed by atoms with Gasteiger partial charge in [-0.3, -0.25) is 4.79 Å². The van der Waals surface area contributed by atoms with Gasteiger partial charge in [-0.15, -0.1) is 0 Å². The molecule has 7 heteroatoms. The summed E-state index contributed by atoms with van der Waals surface area (Å²) < 4.78 is 9.72. The highest BCUT2D eigenvalue weighted by molar-refractivity contribution is 5.80. The van der Waals surface area contributed by atoms with Crippen molar-refractivity contribution < 1.29 is 34.7 Å². The van der Waals surface area contributed by atoms with Gasteiger partial charge in [0.2, 0.25) is 0 Å². The Balaban J connectivity index is 2.82. The molecule has 0 aromatic rings. The molecule has 0 saturated carbocycles. The van der Waals surface area contributed by atoms with E-state index in [1.54, 1.807) is 0 Å². The van der Waals surface area contributed by atoms with Gasteiger partial charge >= 0.3 is 0 Å². The fraction of sp³-hybridized carbons (Fsp3) is 0.889. The molecule has 1 saturated heterocycles. The van der Waals surface area contributed by atoms with Crippen LogP contribution in [0.1, 0.15) is 6.92 Å². The van der Waals surface area contributed by atoms with Gasteiger partial charge in [-0.1, -0.05) is 0 Å². The first kappa shape index (κ1) is 13.5. The van der Waals surface area contributed by atoms with E-state index in [2.05, 4.69) is 0 Å². The van der Waals surface area contributed by atoms with Crippen LogP contribution in [0.2, 0.25) is 0 Å². The Morgan fingerprint density at radius 3 is 2.25 bits per heavy atom. The molecule has 4 N–H and O–H groups in total. The van der Waals surface area contributed by atoms with Gasteiger partial charge in [0.25, 0.3) is 0 Å². The van der Waals surface area contributed by atoms with Crippen LogP contribution < -0.4 is 0 Å². The molecular weight excluding hydrogens is 220 g/mol. The molecule has 0 aromatic heterocycles. The second kappa shape index (κ2) is 5.17. The Hall–Kier alpha value is -0.570. The quantitative estimate of drug-likeness (QED) is 0.424. The van der Waals surface area contributed by atoms with Crippen LogP contribution >= 0.6 is 0 Å². The van der Waals surface area contributed by atoms with Crippen LogP contribution in [-0.4, -0.2) is 70.1 Å². The van der Waals surface area contributed by atoms with Crippen LogP contribution in [0, 0.1) is 0 Å². The molecule has 0 radical (unpaired) electrons. The highest BCUT2D eigenvalue weighted by Crippen LogP contribution is 2.23. The SMILES string of the molecule is CO[C@H]1O[C@H](C(O)C(C)=O)[C@@H](O)[C@H](O)[C@H]1O. The number of carbonyl (C=O) groups is 1. The summed E-state index contributed by atoms with van der Waals surface area (Å²) in [7, 11) is 1.23. The highest BCUT2D eigenvalue weighted by Gasteiger charge is 2.47. The van der Waals surface area contributed by atoms with E-state index >= 15 is 0 Å². The fourth-order valence-corrected chi connectivity index (χ4v) is 1.56. The molecule has 7 nitrogen and oxygen atoms in total. The number of ether oxygens (including phenoxy) is 2. The van der Waals surface area contributed by atoms with E-state index in [-0.39, 0.29) is 0 Å². The zero-order valence-corrected chi connectivity index (χ0v) is 8.98. The van der Waals surface area contributed by atoms with E-state index in [4.69, 9.17) is 9.47 Å². The summed E-state index contributed by atoms with van der Waals surface area (Å²) in [6.07, 6.45) is -8.62. The normalized spacial score (nSPS) is 41.8. The van der Waals surface area contributed by atoms with Crippen LogP contribution in [-0.2, 0) is 14.3 Å². The lowest BCUT2D eigenvalue weighted by Crippen LogP contribution is -2.61. The molecule has 1 fully saturated rings. The summed E-state index contributed by atoms with van der Waals surface area (Å²) in [5.74, 6) is -0.609. The third kappa shape index (κ3) is 2.40. The topological polar surface area (TPSA) is 116 Å². The molecule has 1 aliphatic heterocycles. The zero-order valence-electron chi connectivity index (χ0n) is 8.98. The van der Waals surface area contributed by atoms with Crippen LogP contribution in [0.25, 0.3) is 0 Å². The molecule has 6 atom stereocenters. The Kier molecular flexibility index (Phi) is 4.36.